The molecule has 0 unspecified atom stereocenters. The molecule has 1 aliphatic heterocycles. The van der Waals surface area contributed by atoms with Crippen molar-refractivity contribution in [2.75, 3.05) is 0 Å². The normalized spacial score (nSPS) is 15.8. The van der Waals surface area contributed by atoms with E-state index in [1.54, 1.807) is 0 Å². The third-order valence-electron chi connectivity index (χ3n) is 11.1. The fraction of sp³-hybridized carbons (Fsp3) is 0.217. The topological polar surface area (TPSA) is 55.8 Å². The van der Waals surface area contributed by atoms with E-state index in [1.165, 1.54) is 22.3 Å². The average Bonchev–Trinajstić information content (AvgIpc) is 3.30. The maximum atomic E-state index is 14.5. The van der Waals surface area contributed by atoms with Gasteiger partial charge < -0.3 is 9.05 Å². The maximum absolute atomic E-state index is 14.5. The first-order valence-electron chi connectivity index (χ1n) is 18.3. The fourth-order valence-electron chi connectivity index (χ4n) is 8.91. The predicted octanol–water partition coefficient (Wildman–Crippen LogP) is 11.3. The molecular weight excluding hydrogens is 647 g/mol. The third kappa shape index (κ3) is 5.91. The zero-order valence-electron chi connectivity index (χ0n) is 28.6. The number of benzene rings is 6. The van der Waals surface area contributed by atoms with Gasteiger partial charge in [0.15, 0.2) is 0 Å². The van der Waals surface area contributed by atoms with Crippen LogP contribution >= 0.6 is 7.82 Å². The molecule has 1 heterocycles. The van der Waals surface area contributed by atoms with Crippen LogP contribution < -0.4 is 9.05 Å². The van der Waals surface area contributed by atoms with Crippen LogP contribution in [0.15, 0.2) is 133 Å². The highest BCUT2D eigenvalue weighted by atomic mass is 31.2. The molecule has 51 heavy (non-hydrogen) atoms. The molecule has 0 aromatic heterocycles. The summed E-state index contributed by atoms with van der Waals surface area (Å²) in [5.41, 5.74) is 13.2. The van der Waals surface area contributed by atoms with Gasteiger partial charge in [0.2, 0.25) is 0 Å². The van der Waals surface area contributed by atoms with Gasteiger partial charge in [-0.1, -0.05) is 133 Å². The van der Waals surface area contributed by atoms with E-state index in [0.717, 1.165) is 95.9 Å². The quantitative estimate of drug-likeness (QED) is 0.140. The molecule has 0 bridgehead atoms. The fourth-order valence-corrected chi connectivity index (χ4v) is 9.80. The van der Waals surface area contributed by atoms with Crippen molar-refractivity contribution in [2.45, 2.75) is 63.2 Å². The van der Waals surface area contributed by atoms with Crippen LogP contribution in [0.2, 0.25) is 0 Å². The van der Waals surface area contributed by atoms with E-state index >= 15 is 0 Å². The van der Waals surface area contributed by atoms with E-state index in [2.05, 4.69) is 109 Å². The maximum Gasteiger partial charge on any atom is 0.584 e. The molecule has 0 saturated carbocycles. The molecule has 0 atom stereocenters. The van der Waals surface area contributed by atoms with E-state index < -0.39 is 7.82 Å². The lowest BCUT2D eigenvalue weighted by Gasteiger charge is -2.30. The second-order valence-corrected chi connectivity index (χ2v) is 15.5. The first-order valence-corrected chi connectivity index (χ1v) is 19.8. The van der Waals surface area contributed by atoms with Crippen molar-refractivity contribution in [3.63, 3.8) is 0 Å². The Morgan fingerprint density at radius 3 is 1.12 bits per heavy atom. The molecule has 0 saturated heterocycles. The van der Waals surface area contributed by atoms with Gasteiger partial charge in [-0.3, -0.25) is 4.89 Å². The van der Waals surface area contributed by atoms with E-state index in [4.69, 9.17) is 9.05 Å². The van der Waals surface area contributed by atoms with Crippen LogP contribution in [0.25, 0.3) is 11.1 Å². The van der Waals surface area contributed by atoms with Gasteiger partial charge in [-0.25, -0.2) is 4.57 Å². The molecule has 0 fully saturated rings. The summed E-state index contributed by atoms with van der Waals surface area (Å²) in [5, 5.41) is 0. The van der Waals surface area contributed by atoms with Crippen molar-refractivity contribution in [1.29, 1.82) is 0 Å². The molecule has 2 aliphatic carbocycles. The highest BCUT2D eigenvalue weighted by Crippen LogP contribution is 2.62. The van der Waals surface area contributed by atoms with Crippen molar-refractivity contribution < 1.29 is 18.5 Å². The highest BCUT2D eigenvalue weighted by Gasteiger charge is 2.42. The van der Waals surface area contributed by atoms with Gasteiger partial charge in [0.05, 0.1) is 0 Å². The van der Waals surface area contributed by atoms with Crippen LogP contribution in [0, 0.1) is 0 Å². The highest BCUT2D eigenvalue weighted by molar-refractivity contribution is 7.48. The molecule has 9 rings (SSSR count). The largest absolute Gasteiger partial charge is 0.584 e. The van der Waals surface area contributed by atoms with Gasteiger partial charge in [-0.15, -0.1) is 0 Å². The van der Waals surface area contributed by atoms with Gasteiger partial charge in [-0.2, -0.15) is 0 Å². The van der Waals surface area contributed by atoms with Crippen molar-refractivity contribution >= 4 is 7.82 Å². The van der Waals surface area contributed by atoms with E-state index in [9.17, 15) is 9.46 Å². The number of phosphoric acid groups is 1. The summed E-state index contributed by atoms with van der Waals surface area (Å²) in [6.45, 7) is 0. The summed E-state index contributed by atoms with van der Waals surface area (Å²) in [6, 6.07) is 46.4. The van der Waals surface area contributed by atoms with E-state index in [1.807, 2.05) is 24.3 Å². The summed E-state index contributed by atoms with van der Waals surface area (Å²) in [6.07, 6.45) is 8.02. The molecule has 254 valence electrons. The van der Waals surface area contributed by atoms with Gasteiger partial charge in [0.25, 0.3) is 0 Å². The molecule has 3 aliphatic rings. The molecule has 0 radical (unpaired) electrons. The lowest BCUT2D eigenvalue weighted by Crippen LogP contribution is -2.14. The molecule has 4 nitrogen and oxygen atoms in total. The Morgan fingerprint density at radius 1 is 0.471 bits per heavy atom. The SMILES string of the molecule is O=P1(O)Oc2c(C(c3ccccc3)c3ccccc3)cc3c(c2-c2c4c(cc(C(c5ccccc5)c5ccccc5)c2O1)CCCC4)CCCC3. The number of hydrogen-bond acceptors (Lipinski definition) is 3. The summed E-state index contributed by atoms with van der Waals surface area (Å²) >= 11 is 0. The summed E-state index contributed by atoms with van der Waals surface area (Å²) in [7, 11) is -4.67. The molecule has 0 amide bonds. The van der Waals surface area contributed by atoms with E-state index in [0.29, 0.717) is 11.5 Å². The molecule has 6 aromatic carbocycles. The van der Waals surface area contributed by atoms with Gasteiger partial charge in [0.1, 0.15) is 11.5 Å². The average molecular weight is 689 g/mol. The minimum absolute atomic E-state index is 0.213. The third-order valence-corrected chi connectivity index (χ3v) is 11.9. The Kier molecular flexibility index (Phi) is 8.38. The van der Waals surface area contributed by atoms with Gasteiger partial charge >= 0.3 is 7.82 Å². The smallest absolute Gasteiger partial charge is 0.394 e. The van der Waals surface area contributed by atoms with Crippen LogP contribution in [0.3, 0.4) is 0 Å². The second kappa shape index (κ2) is 13.3. The second-order valence-electron chi connectivity index (χ2n) is 14.2. The van der Waals surface area contributed by atoms with Crippen LogP contribution in [0.5, 0.6) is 11.5 Å². The minimum atomic E-state index is -4.67. The van der Waals surface area contributed by atoms with Crippen LogP contribution in [-0.2, 0) is 30.2 Å². The Balaban J connectivity index is 1.41. The van der Waals surface area contributed by atoms with Crippen LogP contribution in [0.4, 0.5) is 0 Å². The van der Waals surface area contributed by atoms with Crippen molar-refractivity contribution in [3.8, 4) is 22.6 Å². The van der Waals surface area contributed by atoms with Crippen LogP contribution in [0.1, 0.15) is 93.2 Å². The Hall–Kier alpha value is -4.89. The number of aryl methyl sites for hydroxylation is 2. The Morgan fingerprint density at radius 2 is 0.784 bits per heavy atom. The standard InChI is InChI=1S/C46H41O4P/c47-51(48)49-45-39(41(31-17-5-1-6-18-31)32-19-7-2-8-20-32)29-35-25-13-15-27-37(35)43(45)44-38-28-16-14-26-36(38)30-40(46(44)50-51)42(33-21-9-3-10-22-33)34-23-11-4-12-24-34/h1-12,17-24,29-30,41-42H,13-16,25-28H2,(H,47,48). The van der Waals surface area contributed by atoms with Crippen molar-refractivity contribution in [2.24, 2.45) is 0 Å². The van der Waals surface area contributed by atoms with Gasteiger partial charge in [-0.05, 0) is 95.9 Å². The number of phosphoric ester groups is 1. The lowest BCUT2D eigenvalue weighted by atomic mass is 9.74. The molecular formula is C46H41O4P. The monoisotopic (exact) mass is 688 g/mol. The van der Waals surface area contributed by atoms with Crippen LogP contribution in [-0.4, -0.2) is 4.89 Å². The first-order chi connectivity index (χ1) is 25.1. The summed E-state index contributed by atoms with van der Waals surface area (Å²) < 4.78 is 27.5. The zero-order valence-corrected chi connectivity index (χ0v) is 29.5. The number of fused-ring (bicyclic) bond motifs is 7. The molecule has 5 heteroatoms. The van der Waals surface area contributed by atoms with Gasteiger partial charge in [0, 0.05) is 34.1 Å². The minimum Gasteiger partial charge on any atom is -0.394 e. The molecule has 1 N–H and O–H groups in total. The van der Waals surface area contributed by atoms with Crippen molar-refractivity contribution in [1.82, 2.24) is 0 Å². The van der Waals surface area contributed by atoms with E-state index in [-0.39, 0.29) is 11.8 Å². The Bertz CT molecular complexity index is 2010. The summed E-state index contributed by atoms with van der Waals surface area (Å²) in [5.74, 6) is 0.545. The number of hydrogen-bond donors (Lipinski definition) is 1. The lowest BCUT2D eigenvalue weighted by molar-refractivity contribution is 0.292. The van der Waals surface area contributed by atoms with Crippen molar-refractivity contribution in [3.05, 3.63) is 189 Å². The molecule has 0 spiro atoms. The Labute approximate surface area is 300 Å². The summed E-state index contributed by atoms with van der Waals surface area (Å²) in [4.78, 5) is 11.9. The zero-order chi connectivity index (χ0) is 34.4. The first kappa shape index (κ1) is 32.0. The predicted molar refractivity (Wildman–Crippen MR) is 204 cm³/mol. The number of rotatable bonds is 6. The molecule has 6 aromatic rings.